The number of aryl methyl sites for hydroxylation is 1. The molecule has 0 radical (unpaired) electrons. The molecular formula is C15H15BrClNO. The number of benzene rings is 2. The van der Waals surface area contributed by atoms with E-state index in [4.69, 9.17) is 22.1 Å². The Hall–Kier alpha value is -1.03. The van der Waals surface area contributed by atoms with Crippen LogP contribution < -0.4 is 10.5 Å². The maximum atomic E-state index is 6.11. The van der Waals surface area contributed by atoms with Crippen LogP contribution in [0.3, 0.4) is 0 Å². The van der Waals surface area contributed by atoms with E-state index in [9.17, 15) is 0 Å². The molecule has 2 N–H and O–H groups in total. The Labute approximate surface area is 126 Å². The van der Waals surface area contributed by atoms with Gasteiger partial charge in [0.25, 0.3) is 0 Å². The Morgan fingerprint density at radius 2 is 1.95 bits per heavy atom. The van der Waals surface area contributed by atoms with Crippen LogP contribution in [0.15, 0.2) is 40.9 Å². The predicted octanol–water partition coefficient (Wildman–Crippen LogP) is 5.22. The summed E-state index contributed by atoms with van der Waals surface area (Å²) in [5.74, 6) is 1.38. The SMILES string of the molecule is Cc1ccc(Cl)c(Oc2ccc([C@@H](C)N)c(Br)c2)c1. The first-order valence-electron chi connectivity index (χ1n) is 5.96. The molecular weight excluding hydrogens is 326 g/mol. The molecule has 0 aliphatic carbocycles. The second-order valence-electron chi connectivity index (χ2n) is 4.51. The molecule has 0 aliphatic rings. The fraction of sp³-hybridized carbons (Fsp3) is 0.200. The Balaban J connectivity index is 2.29. The van der Waals surface area contributed by atoms with Crippen LogP contribution >= 0.6 is 27.5 Å². The average molecular weight is 341 g/mol. The zero-order valence-electron chi connectivity index (χ0n) is 10.8. The highest BCUT2D eigenvalue weighted by atomic mass is 79.9. The second-order valence-corrected chi connectivity index (χ2v) is 5.77. The first kappa shape index (κ1) is 14.4. The Morgan fingerprint density at radius 3 is 2.58 bits per heavy atom. The van der Waals surface area contributed by atoms with Gasteiger partial charge in [0.05, 0.1) is 5.02 Å². The summed E-state index contributed by atoms with van der Waals surface area (Å²) in [6.07, 6.45) is 0. The summed E-state index contributed by atoms with van der Waals surface area (Å²) < 4.78 is 6.74. The van der Waals surface area contributed by atoms with E-state index >= 15 is 0 Å². The number of hydrogen-bond acceptors (Lipinski definition) is 2. The van der Waals surface area contributed by atoms with Crippen LogP contribution in [0.25, 0.3) is 0 Å². The van der Waals surface area contributed by atoms with Crippen LogP contribution in [0, 0.1) is 6.92 Å². The minimum absolute atomic E-state index is 0.0222. The summed E-state index contributed by atoms with van der Waals surface area (Å²) in [4.78, 5) is 0. The van der Waals surface area contributed by atoms with Crippen LogP contribution in [0.2, 0.25) is 5.02 Å². The Morgan fingerprint density at radius 1 is 1.21 bits per heavy atom. The van der Waals surface area contributed by atoms with Gasteiger partial charge in [-0.2, -0.15) is 0 Å². The van der Waals surface area contributed by atoms with Crippen molar-refractivity contribution in [1.82, 2.24) is 0 Å². The summed E-state index contributed by atoms with van der Waals surface area (Å²) in [6.45, 7) is 3.94. The summed E-state index contributed by atoms with van der Waals surface area (Å²) in [5, 5.41) is 0.595. The molecule has 0 saturated heterocycles. The molecule has 0 fully saturated rings. The molecule has 0 unspecified atom stereocenters. The number of rotatable bonds is 3. The van der Waals surface area contributed by atoms with Gasteiger partial charge < -0.3 is 10.5 Å². The van der Waals surface area contributed by atoms with Gasteiger partial charge in [-0.3, -0.25) is 0 Å². The summed E-state index contributed by atoms with van der Waals surface area (Å²) in [6, 6.07) is 11.4. The maximum Gasteiger partial charge on any atom is 0.146 e. The maximum absolute atomic E-state index is 6.11. The normalized spacial score (nSPS) is 12.3. The molecule has 2 rings (SSSR count). The highest BCUT2D eigenvalue weighted by Crippen LogP contribution is 2.33. The van der Waals surface area contributed by atoms with Crippen LogP contribution in [0.1, 0.15) is 24.1 Å². The predicted molar refractivity (Wildman–Crippen MR) is 83.0 cm³/mol. The number of ether oxygens (including phenoxy) is 1. The molecule has 2 aromatic rings. The standard InChI is InChI=1S/C15H15BrClNO/c1-9-3-6-14(17)15(7-9)19-11-4-5-12(10(2)18)13(16)8-11/h3-8,10H,18H2,1-2H3/t10-/m1/s1. The van der Waals surface area contributed by atoms with Gasteiger partial charge in [-0.25, -0.2) is 0 Å². The van der Waals surface area contributed by atoms with Gasteiger partial charge in [-0.1, -0.05) is 39.7 Å². The molecule has 0 aliphatic heterocycles. The van der Waals surface area contributed by atoms with Gasteiger partial charge in [0.2, 0.25) is 0 Å². The first-order chi connectivity index (χ1) is 8.97. The van der Waals surface area contributed by atoms with Crippen LogP contribution in [0.4, 0.5) is 0 Å². The third kappa shape index (κ3) is 3.50. The Bertz CT molecular complexity index is 599. The molecule has 0 spiro atoms. The number of halogens is 2. The smallest absolute Gasteiger partial charge is 0.146 e. The van der Waals surface area contributed by atoms with Crippen LogP contribution in [0.5, 0.6) is 11.5 Å². The average Bonchev–Trinajstić information content (AvgIpc) is 2.33. The van der Waals surface area contributed by atoms with E-state index in [-0.39, 0.29) is 6.04 Å². The summed E-state index contributed by atoms with van der Waals surface area (Å²) >= 11 is 9.61. The van der Waals surface area contributed by atoms with E-state index in [2.05, 4.69) is 15.9 Å². The summed E-state index contributed by atoms with van der Waals surface area (Å²) in [7, 11) is 0. The third-order valence-electron chi connectivity index (χ3n) is 2.78. The first-order valence-corrected chi connectivity index (χ1v) is 7.13. The largest absolute Gasteiger partial charge is 0.456 e. The second kappa shape index (κ2) is 5.95. The van der Waals surface area contributed by atoms with Crippen molar-refractivity contribution in [3.8, 4) is 11.5 Å². The molecule has 19 heavy (non-hydrogen) atoms. The van der Waals surface area contributed by atoms with Crippen molar-refractivity contribution in [2.24, 2.45) is 5.73 Å². The van der Waals surface area contributed by atoms with E-state index in [1.165, 1.54) is 0 Å². The fourth-order valence-corrected chi connectivity index (χ4v) is 2.63. The van der Waals surface area contributed by atoms with Crippen molar-refractivity contribution in [2.45, 2.75) is 19.9 Å². The highest BCUT2D eigenvalue weighted by Gasteiger charge is 2.08. The topological polar surface area (TPSA) is 35.2 Å². The Kier molecular flexibility index (Phi) is 4.50. The van der Waals surface area contributed by atoms with Gasteiger partial charge >= 0.3 is 0 Å². The minimum Gasteiger partial charge on any atom is -0.456 e. The zero-order valence-corrected chi connectivity index (χ0v) is 13.1. The monoisotopic (exact) mass is 339 g/mol. The third-order valence-corrected chi connectivity index (χ3v) is 3.78. The van der Waals surface area contributed by atoms with Crippen LogP contribution in [-0.4, -0.2) is 0 Å². The van der Waals surface area contributed by atoms with E-state index in [1.807, 2.05) is 50.2 Å². The molecule has 0 heterocycles. The lowest BCUT2D eigenvalue weighted by Gasteiger charge is -2.12. The molecule has 0 saturated carbocycles. The lowest BCUT2D eigenvalue weighted by molar-refractivity contribution is 0.481. The fourth-order valence-electron chi connectivity index (χ4n) is 1.76. The molecule has 0 bridgehead atoms. The lowest BCUT2D eigenvalue weighted by Crippen LogP contribution is -2.05. The van der Waals surface area contributed by atoms with Gasteiger partial charge in [-0.15, -0.1) is 0 Å². The molecule has 0 aromatic heterocycles. The molecule has 4 heteroatoms. The van der Waals surface area contributed by atoms with E-state index in [0.717, 1.165) is 21.3 Å². The van der Waals surface area contributed by atoms with Gasteiger partial charge in [0.1, 0.15) is 11.5 Å². The zero-order chi connectivity index (χ0) is 14.0. The highest BCUT2D eigenvalue weighted by molar-refractivity contribution is 9.10. The van der Waals surface area contributed by atoms with Crippen LogP contribution in [-0.2, 0) is 0 Å². The van der Waals surface area contributed by atoms with Crippen molar-refractivity contribution < 1.29 is 4.74 Å². The number of nitrogens with two attached hydrogens (primary N) is 1. The lowest BCUT2D eigenvalue weighted by atomic mass is 10.1. The van der Waals surface area contributed by atoms with Crippen molar-refractivity contribution >= 4 is 27.5 Å². The van der Waals surface area contributed by atoms with Crippen molar-refractivity contribution in [2.75, 3.05) is 0 Å². The summed E-state index contributed by atoms with van der Waals surface area (Å²) in [5.41, 5.74) is 8.02. The van der Waals surface area contributed by atoms with Gasteiger partial charge in [-0.05, 0) is 49.2 Å². The number of hydrogen-bond donors (Lipinski definition) is 1. The molecule has 2 aromatic carbocycles. The van der Waals surface area contributed by atoms with E-state index < -0.39 is 0 Å². The van der Waals surface area contributed by atoms with Crippen molar-refractivity contribution in [1.29, 1.82) is 0 Å². The minimum atomic E-state index is -0.0222. The van der Waals surface area contributed by atoms with E-state index in [1.54, 1.807) is 0 Å². The van der Waals surface area contributed by atoms with Gasteiger partial charge in [0, 0.05) is 10.5 Å². The molecule has 1 atom stereocenters. The molecule has 100 valence electrons. The van der Waals surface area contributed by atoms with Gasteiger partial charge in [0.15, 0.2) is 0 Å². The van der Waals surface area contributed by atoms with Crippen molar-refractivity contribution in [3.63, 3.8) is 0 Å². The molecule has 0 amide bonds. The van der Waals surface area contributed by atoms with Crippen molar-refractivity contribution in [3.05, 3.63) is 57.0 Å². The quantitative estimate of drug-likeness (QED) is 0.831. The van der Waals surface area contributed by atoms with E-state index in [0.29, 0.717) is 10.8 Å². The molecule has 2 nitrogen and oxygen atoms in total.